The fourth-order valence-corrected chi connectivity index (χ4v) is 5.56. The predicted molar refractivity (Wildman–Crippen MR) is 136 cm³/mol. The molecule has 0 saturated carbocycles. The molecule has 3 heterocycles. The Bertz CT molecular complexity index is 1580. The highest BCUT2D eigenvalue weighted by Gasteiger charge is 2.46. The molecule has 0 spiro atoms. The van der Waals surface area contributed by atoms with Crippen LogP contribution in [0, 0.1) is 0 Å². The Morgan fingerprint density at radius 1 is 0.571 bits per heavy atom. The Labute approximate surface area is 207 Å². The van der Waals surface area contributed by atoms with E-state index >= 15 is 0 Å². The zero-order chi connectivity index (χ0) is 23.6. The van der Waals surface area contributed by atoms with Crippen molar-refractivity contribution in [3.05, 3.63) is 110 Å². The molecule has 6 aromatic rings. The second-order valence-corrected chi connectivity index (χ2v) is 9.40. The Balaban J connectivity index is 1.44. The highest BCUT2D eigenvalue weighted by atomic mass is 27.3. The molecule has 0 fully saturated rings. The molecule has 0 radical (unpaired) electrons. The number of pyridine rings is 3. The maximum atomic E-state index is 6.53. The lowest BCUT2D eigenvalue weighted by atomic mass is 10.2. The molecule has 0 aliphatic carbocycles. The number of aromatic nitrogens is 3. The van der Waals surface area contributed by atoms with Crippen molar-refractivity contribution < 1.29 is 15.9 Å². The van der Waals surface area contributed by atoms with Gasteiger partial charge in [-0.3, -0.25) is 9.97 Å². The van der Waals surface area contributed by atoms with Crippen LogP contribution in [0.4, 0.5) is 0 Å². The molecule has 3 aromatic heterocycles. The third-order valence-electron chi connectivity index (χ3n) is 5.83. The van der Waals surface area contributed by atoms with Crippen LogP contribution in [-0.2, 0) is 7.05 Å². The van der Waals surface area contributed by atoms with E-state index < -0.39 is 15.1 Å². The third-order valence-corrected chi connectivity index (χ3v) is 7.17. The quantitative estimate of drug-likeness (QED) is 0.243. The maximum Gasteiger partial charge on any atom is 1.20 e. The summed E-state index contributed by atoms with van der Waals surface area (Å²) in [4.78, 5) is 9.06. The maximum absolute atomic E-state index is 6.53. The molecule has 0 aliphatic rings. The smallest absolute Gasteiger partial charge is 0.576 e. The van der Waals surface area contributed by atoms with Crippen LogP contribution in [0.5, 0.6) is 17.2 Å². The first-order chi connectivity index (χ1) is 17.3. The number of para-hydroxylation sites is 3. The zero-order valence-electron chi connectivity index (χ0n) is 19.0. The monoisotopic (exact) mass is 474 g/mol. The molecule has 0 unspecified atom stereocenters. The minimum atomic E-state index is -2.85. The van der Waals surface area contributed by atoms with E-state index in [4.69, 9.17) is 11.4 Å². The van der Waals surface area contributed by atoms with E-state index in [1.54, 1.807) is 12.4 Å². The molecule has 6 rings (SSSR count). The van der Waals surface area contributed by atoms with Crippen molar-refractivity contribution in [2.45, 2.75) is 0 Å². The number of rotatable bonds is 6. The molecule has 6 nitrogen and oxygen atoms in total. The molecule has 0 atom stereocenters. The molecule has 7 heteroatoms. The van der Waals surface area contributed by atoms with Crippen molar-refractivity contribution in [2.75, 3.05) is 0 Å². The van der Waals surface area contributed by atoms with Crippen LogP contribution in [0.2, 0.25) is 0 Å². The van der Waals surface area contributed by atoms with Crippen molar-refractivity contribution in [1.82, 2.24) is 9.97 Å². The summed E-state index contributed by atoms with van der Waals surface area (Å²) in [7, 11) is 2.00. The summed E-state index contributed by atoms with van der Waals surface area (Å²) in [6.07, 6.45) is 5.51. The van der Waals surface area contributed by atoms with Crippen molar-refractivity contribution in [1.29, 1.82) is 0 Å². The third kappa shape index (κ3) is 4.24. The normalized spacial score (nSPS) is 11.0. The molecule has 0 amide bonds. The van der Waals surface area contributed by atoms with Gasteiger partial charge in [-0.15, -0.1) is 0 Å². The molecule has 168 valence electrons. The average Bonchev–Trinajstić information content (AvgIpc) is 2.89. The van der Waals surface area contributed by atoms with Crippen LogP contribution < -0.4 is 15.9 Å². The molecular weight excluding hydrogens is 453 g/mol. The van der Waals surface area contributed by atoms with E-state index in [1.165, 1.54) is 0 Å². The summed E-state index contributed by atoms with van der Waals surface area (Å²) in [5, 5.41) is 3.04. The highest BCUT2D eigenvalue weighted by molar-refractivity contribution is 6.40. The van der Waals surface area contributed by atoms with Crippen molar-refractivity contribution in [2.24, 2.45) is 7.05 Å². The van der Waals surface area contributed by atoms with Crippen LogP contribution in [0.1, 0.15) is 0 Å². The van der Waals surface area contributed by atoms with Gasteiger partial charge in [0.15, 0.2) is 11.9 Å². The van der Waals surface area contributed by atoms with Gasteiger partial charge >= 0.3 is 15.1 Å². The standard InChI is InChI=1S/C10H9NO.2C9H7NO.Al/c1-11-7-3-5-8-4-2-6-9(12)10(8)11;2*11-8-5-1-3-7-4-2-6-10-9(7)8;/h2-7H,1H3;2*1-6,11H;/q;;;+3/p-2. The molecular formula is C28H21AlN3O3+. The highest BCUT2D eigenvalue weighted by Crippen LogP contribution is 2.29. The van der Waals surface area contributed by atoms with Gasteiger partial charge in [-0.2, -0.15) is 4.57 Å². The fraction of sp³-hybridized carbons (Fsp3) is 0.0357. The summed E-state index contributed by atoms with van der Waals surface area (Å²) in [5.74, 6) is 1.94. The van der Waals surface area contributed by atoms with Gasteiger partial charge in [-0.1, -0.05) is 42.5 Å². The van der Waals surface area contributed by atoms with E-state index in [2.05, 4.69) is 22.1 Å². The predicted octanol–water partition coefficient (Wildman–Crippen LogP) is 5.28. The average molecular weight is 474 g/mol. The van der Waals surface area contributed by atoms with E-state index in [0.717, 1.165) is 32.7 Å². The molecule has 3 aromatic carbocycles. The number of benzene rings is 3. The topological polar surface area (TPSA) is 57.4 Å². The van der Waals surface area contributed by atoms with E-state index in [9.17, 15) is 0 Å². The molecule has 0 bridgehead atoms. The van der Waals surface area contributed by atoms with Crippen LogP contribution in [0.3, 0.4) is 0 Å². The first-order valence-electron chi connectivity index (χ1n) is 11.3. The lowest BCUT2D eigenvalue weighted by Crippen LogP contribution is -2.38. The number of fused-ring (bicyclic) bond motifs is 3. The van der Waals surface area contributed by atoms with Gasteiger partial charge in [0, 0.05) is 29.2 Å². The van der Waals surface area contributed by atoms with Gasteiger partial charge in [0.25, 0.3) is 5.52 Å². The van der Waals surface area contributed by atoms with Crippen LogP contribution in [0.25, 0.3) is 32.7 Å². The van der Waals surface area contributed by atoms with Gasteiger partial charge < -0.3 is 11.4 Å². The first-order valence-corrected chi connectivity index (χ1v) is 12.7. The van der Waals surface area contributed by atoms with Crippen LogP contribution in [0.15, 0.2) is 110 Å². The van der Waals surface area contributed by atoms with Crippen molar-refractivity contribution >= 4 is 47.9 Å². The fourth-order valence-electron chi connectivity index (χ4n) is 4.22. The lowest BCUT2D eigenvalue weighted by molar-refractivity contribution is -0.645. The van der Waals surface area contributed by atoms with Crippen molar-refractivity contribution in [3.63, 3.8) is 0 Å². The largest absolute Gasteiger partial charge is 1.20 e. The zero-order valence-corrected chi connectivity index (χ0v) is 20.2. The van der Waals surface area contributed by atoms with Gasteiger partial charge in [0.05, 0.1) is 5.39 Å². The Kier molecular flexibility index (Phi) is 5.63. The van der Waals surface area contributed by atoms with Gasteiger partial charge in [0.2, 0.25) is 0 Å². The van der Waals surface area contributed by atoms with Crippen LogP contribution in [-0.4, -0.2) is 25.1 Å². The summed E-state index contributed by atoms with van der Waals surface area (Å²) < 4.78 is 21.5. The lowest BCUT2D eigenvalue weighted by Gasteiger charge is -2.18. The second kappa shape index (κ2) is 9.23. The summed E-state index contributed by atoms with van der Waals surface area (Å²) in [6, 6.07) is 29.6. The molecule has 0 aliphatic heterocycles. The van der Waals surface area contributed by atoms with Gasteiger partial charge in [-0.05, 0) is 42.5 Å². The minimum Gasteiger partial charge on any atom is -0.576 e. The number of hydrogen-bond donors (Lipinski definition) is 0. The summed E-state index contributed by atoms with van der Waals surface area (Å²) in [5.41, 5.74) is 2.49. The first kappa shape index (κ1) is 21.4. The molecule has 0 saturated heterocycles. The Hall–Kier alpha value is -4.18. The van der Waals surface area contributed by atoms with E-state index in [0.29, 0.717) is 17.2 Å². The number of hydrogen-bond acceptors (Lipinski definition) is 5. The van der Waals surface area contributed by atoms with Crippen LogP contribution >= 0.6 is 0 Å². The molecule has 35 heavy (non-hydrogen) atoms. The molecule has 0 N–H and O–H groups in total. The van der Waals surface area contributed by atoms with Gasteiger partial charge in [-0.25, -0.2) is 0 Å². The summed E-state index contributed by atoms with van der Waals surface area (Å²) in [6.45, 7) is 0. The SMILES string of the molecule is C[n+]1cccc2cccc([O][Al]([O]c3cccc4cccnc34)[O]c3cccc4cccnc34)c21. The van der Waals surface area contributed by atoms with E-state index in [-0.39, 0.29) is 0 Å². The second-order valence-electron chi connectivity index (χ2n) is 8.12. The van der Waals surface area contributed by atoms with Crippen molar-refractivity contribution in [3.8, 4) is 17.2 Å². The Morgan fingerprint density at radius 2 is 1.06 bits per heavy atom. The number of aryl methyl sites for hydroxylation is 1. The summed E-state index contributed by atoms with van der Waals surface area (Å²) >= 11 is -2.85. The van der Waals surface area contributed by atoms with Gasteiger partial charge in [0.1, 0.15) is 29.6 Å². The Morgan fingerprint density at radius 3 is 1.69 bits per heavy atom. The number of nitrogens with zero attached hydrogens (tertiary/aromatic N) is 3. The van der Waals surface area contributed by atoms with E-state index in [1.807, 2.05) is 96.7 Å². The minimum absolute atomic E-state index is 0.623.